The van der Waals surface area contributed by atoms with E-state index in [9.17, 15) is 4.79 Å². The quantitative estimate of drug-likeness (QED) is 0.770. The van der Waals surface area contributed by atoms with Crippen molar-refractivity contribution in [3.05, 3.63) is 35.4 Å². The molecule has 1 aromatic carbocycles. The fraction of sp³-hybridized carbons (Fsp3) is 0.417. The molecule has 0 radical (unpaired) electrons. The molecule has 1 N–H and O–H groups in total. The number of rotatable bonds is 3. The molecule has 0 aliphatic carbocycles. The number of methoxy groups -OCH3 is 1. The molecule has 1 rings (SSSR count). The van der Waals surface area contributed by atoms with Gasteiger partial charge in [0.05, 0.1) is 12.7 Å². The summed E-state index contributed by atoms with van der Waals surface area (Å²) in [4.78, 5) is 11.2. The van der Waals surface area contributed by atoms with Crippen LogP contribution in [0.4, 0.5) is 0 Å². The molecule has 0 heterocycles. The predicted molar refractivity (Wildman–Crippen MR) is 59.9 cm³/mol. The van der Waals surface area contributed by atoms with Crippen molar-refractivity contribution >= 4 is 5.97 Å². The van der Waals surface area contributed by atoms with Crippen molar-refractivity contribution in [2.75, 3.05) is 14.2 Å². The van der Waals surface area contributed by atoms with E-state index in [1.165, 1.54) is 7.11 Å². The summed E-state index contributed by atoms with van der Waals surface area (Å²) < 4.78 is 4.63. The van der Waals surface area contributed by atoms with Crippen molar-refractivity contribution < 1.29 is 9.53 Å². The number of esters is 1. The first-order chi connectivity index (χ1) is 7.01. The summed E-state index contributed by atoms with van der Waals surface area (Å²) in [5.74, 6) is -0.302. The van der Waals surface area contributed by atoms with E-state index in [0.29, 0.717) is 5.56 Å². The smallest absolute Gasteiger partial charge is 0.337 e. The maximum Gasteiger partial charge on any atom is 0.337 e. The van der Waals surface area contributed by atoms with Gasteiger partial charge in [-0.15, -0.1) is 0 Å². The van der Waals surface area contributed by atoms with Gasteiger partial charge in [-0.1, -0.05) is 12.1 Å². The summed E-state index contributed by atoms with van der Waals surface area (Å²) in [6, 6.07) is 7.42. The third kappa shape index (κ3) is 2.57. The lowest BCUT2D eigenvalue weighted by Gasteiger charge is -2.24. The third-order valence-electron chi connectivity index (χ3n) is 2.65. The zero-order valence-electron chi connectivity index (χ0n) is 9.63. The highest BCUT2D eigenvalue weighted by molar-refractivity contribution is 5.89. The Kier molecular flexibility index (Phi) is 3.48. The third-order valence-corrected chi connectivity index (χ3v) is 2.65. The van der Waals surface area contributed by atoms with Crippen molar-refractivity contribution in [2.45, 2.75) is 19.4 Å². The van der Waals surface area contributed by atoms with Crippen LogP contribution >= 0.6 is 0 Å². The Bertz CT molecular complexity index is 341. The molecule has 3 nitrogen and oxygen atoms in total. The van der Waals surface area contributed by atoms with Gasteiger partial charge in [0.2, 0.25) is 0 Å². The van der Waals surface area contributed by atoms with Gasteiger partial charge < -0.3 is 10.1 Å². The largest absolute Gasteiger partial charge is 0.465 e. The predicted octanol–water partition coefficient (Wildman–Crippen LogP) is 1.93. The zero-order valence-corrected chi connectivity index (χ0v) is 9.63. The number of hydrogen-bond donors (Lipinski definition) is 1. The van der Waals surface area contributed by atoms with Gasteiger partial charge in [-0.2, -0.15) is 0 Å². The van der Waals surface area contributed by atoms with Crippen molar-refractivity contribution in [1.82, 2.24) is 5.32 Å². The van der Waals surface area contributed by atoms with E-state index < -0.39 is 0 Å². The lowest BCUT2D eigenvalue weighted by molar-refractivity contribution is 0.0600. The first-order valence-corrected chi connectivity index (χ1v) is 4.89. The Morgan fingerprint density at radius 3 is 2.20 bits per heavy atom. The minimum absolute atomic E-state index is 0.0886. The Balaban J connectivity index is 2.95. The van der Waals surface area contributed by atoms with Crippen LogP contribution in [-0.4, -0.2) is 20.1 Å². The molecule has 82 valence electrons. The van der Waals surface area contributed by atoms with Gasteiger partial charge in [-0.05, 0) is 38.6 Å². The van der Waals surface area contributed by atoms with E-state index in [1.807, 2.05) is 19.2 Å². The average Bonchev–Trinajstić information content (AvgIpc) is 2.28. The molecular weight excluding hydrogens is 190 g/mol. The van der Waals surface area contributed by atoms with Crippen LogP contribution < -0.4 is 5.32 Å². The fourth-order valence-electron chi connectivity index (χ4n) is 1.29. The fourth-order valence-corrected chi connectivity index (χ4v) is 1.29. The van der Waals surface area contributed by atoms with Crippen LogP contribution in [0, 0.1) is 0 Å². The Morgan fingerprint density at radius 2 is 1.80 bits per heavy atom. The number of benzene rings is 1. The summed E-state index contributed by atoms with van der Waals surface area (Å²) in [5.41, 5.74) is 1.63. The SMILES string of the molecule is CNC(C)(C)c1ccc(C(=O)OC)cc1. The molecule has 0 aromatic heterocycles. The van der Waals surface area contributed by atoms with Gasteiger partial charge in [0.1, 0.15) is 0 Å². The molecule has 1 aromatic rings. The van der Waals surface area contributed by atoms with Gasteiger partial charge in [0.25, 0.3) is 0 Å². The maximum absolute atomic E-state index is 11.2. The van der Waals surface area contributed by atoms with Gasteiger partial charge in [-0.3, -0.25) is 0 Å². The normalized spacial score (nSPS) is 11.2. The second-order valence-corrected chi connectivity index (χ2v) is 3.94. The van der Waals surface area contributed by atoms with Crippen LogP contribution in [0.3, 0.4) is 0 Å². The van der Waals surface area contributed by atoms with E-state index in [1.54, 1.807) is 12.1 Å². The number of nitrogens with one attached hydrogen (secondary N) is 1. The van der Waals surface area contributed by atoms with E-state index in [4.69, 9.17) is 0 Å². The van der Waals surface area contributed by atoms with Gasteiger partial charge in [-0.25, -0.2) is 4.79 Å². The summed E-state index contributed by atoms with van der Waals surface area (Å²) in [5, 5.41) is 3.20. The number of ether oxygens (including phenoxy) is 1. The van der Waals surface area contributed by atoms with Crippen LogP contribution in [-0.2, 0) is 10.3 Å². The number of hydrogen-bond acceptors (Lipinski definition) is 3. The monoisotopic (exact) mass is 207 g/mol. The van der Waals surface area contributed by atoms with E-state index in [2.05, 4.69) is 23.9 Å². The summed E-state index contributed by atoms with van der Waals surface area (Å²) in [7, 11) is 3.29. The molecule has 0 fully saturated rings. The molecule has 0 atom stereocenters. The minimum atomic E-state index is -0.302. The molecule has 0 amide bonds. The lowest BCUT2D eigenvalue weighted by Crippen LogP contribution is -2.33. The van der Waals surface area contributed by atoms with Gasteiger partial charge in [0, 0.05) is 5.54 Å². The van der Waals surface area contributed by atoms with Crippen molar-refractivity contribution in [3.63, 3.8) is 0 Å². The topological polar surface area (TPSA) is 38.3 Å². The van der Waals surface area contributed by atoms with Crippen molar-refractivity contribution in [1.29, 1.82) is 0 Å². The van der Waals surface area contributed by atoms with E-state index >= 15 is 0 Å². The molecule has 0 aliphatic heterocycles. The summed E-state index contributed by atoms with van der Waals surface area (Å²) >= 11 is 0. The van der Waals surface area contributed by atoms with E-state index in [0.717, 1.165) is 5.56 Å². The minimum Gasteiger partial charge on any atom is -0.465 e. The number of carbonyl (C=O) groups excluding carboxylic acids is 1. The Morgan fingerprint density at radius 1 is 1.27 bits per heavy atom. The highest BCUT2D eigenvalue weighted by Crippen LogP contribution is 2.19. The average molecular weight is 207 g/mol. The van der Waals surface area contributed by atoms with Crippen molar-refractivity contribution in [3.8, 4) is 0 Å². The summed E-state index contributed by atoms with van der Waals surface area (Å²) in [6.07, 6.45) is 0. The van der Waals surface area contributed by atoms with Crippen LogP contribution in [0.5, 0.6) is 0 Å². The molecule has 0 bridgehead atoms. The molecule has 3 heteroatoms. The van der Waals surface area contributed by atoms with Crippen molar-refractivity contribution in [2.24, 2.45) is 0 Å². The molecule has 0 aliphatic rings. The molecule has 0 saturated carbocycles. The number of carbonyl (C=O) groups is 1. The second-order valence-electron chi connectivity index (χ2n) is 3.94. The zero-order chi connectivity index (χ0) is 11.5. The standard InChI is InChI=1S/C12H17NO2/c1-12(2,13-3)10-7-5-9(6-8-10)11(14)15-4/h5-8,13H,1-4H3. The van der Waals surface area contributed by atoms with Crippen LogP contribution in [0.2, 0.25) is 0 Å². The second kappa shape index (κ2) is 4.45. The first-order valence-electron chi connectivity index (χ1n) is 4.89. The first kappa shape index (κ1) is 11.7. The molecule has 0 unspecified atom stereocenters. The Labute approximate surface area is 90.4 Å². The molecular formula is C12H17NO2. The lowest BCUT2D eigenvalue weighted by atomic mass is 9.94. The molecule has 0 spiro atoms. The van der Waals surface area contributed by atoms with Crippen LogP contribution in [0.1, 0.15) is 29.8 Å². The summed E-state index contributed by atoms with van der Waals surface area (Å²) in [6.45, 7) is 4.17. The van der Waals surface area contributed by atoms with Gasteiger partial charge >= 0.3 is 5.97 Å². The highest BCUT2D eigenvalue weighted by Gasteiger charge is 2.17. The highest BCUT2D eigenvalue weighted by atomic mass is 16.5. The van der Waals surface area contributed by atoms with Crippen LogP contribution in [0.15, 0.2) is 24.3 Å². The van der Waals surface area contributed by atoms with Crippen LogP contribution in [0.25, 0.3) is 0 Å². The Hall–Kier alpha value is -1.35. The molecule has 0 saturated heterocycles. The van der Waals surface area contributed by atoms with E-state index in [-0.39, 0.29) is 11.5 Å². The molecule has 15 heavy (non-hydrogen) atoms. The maximum atomic E-state index is 11.2. The van der Waals surface area contributed by atoms with Gasteiger partial charge in [0.15, 0.2) is 0 Å².